The molecule has 3 amide bonds. The van der Waals surface area contributed by atoms with Gasteiger partial charge in [0.2, 0.25) is 5.91 Å². The second-order valence-corrected chi connectivity index (χ2v) is 11.6. The van der Waals surface area contributed by atoms with Crippen LogP contribution in [-0.2, 0) is 25.7 Å². The molecule has 47 heavy (non-hydrogen) atoms. The van der Waals surface area contributed by atoms with Gasteiger partial charge in [-0.1, -0.05) is 54.1 Å². The van der Waals surface area contributed by atoms with Crippen molar-refractivity contribution in [1.29, 1.82) is 0 Å². The van der Waals surface area contributed by atoms with E-state index in [1.165, 1.54) is 16.9 Å². The Morgan fingerprint density at radius 3 is 2.36 bits per heavy atom. The highest BCUT2D eigenvalue weighted by molar-refractivity contribution is 6.52. The van der Waals surface area contributed by atoms with Crippen LogP contribution >= 0.6 is 0 Å². The van der Waals surface area contributed by atoms with Crippen LogP contribution in [0.2, 0.25) is 0 Å². The number of methoxy groups -OCH3 is 1. The molecule has 10 heteroatoms. The monoisotopic (exact) mass is 632 g/mol. The zero-order valence-corrected chi connectivity index (χ0v) is 26.3. The van der Waals surface area contributed by atoms with Crippen molar-refractivity contribution in [2.75, 3.05) is 55.1 Å². The Morgan fingerprint density at radius 1 is 0.915 bits per heavy atom. The van der Waals surface area contributed by atoms with Gasteiger partial charge in [-0.25, -0.2) is 0 Å². The summed E-state index contributed by atoms with van der Waals surface area (Å²) in [6, 6.07) is 27.8. The molecular formula is C37H36N4O6. The number of carbonyl (C=O) groups excluding carboxylic acids is 4. The molecule has 0 saturated carbocycles. The van der Waals surface area contributed by atoms with Gasteiger partial charge < -0.3 is 24.6 Å². The third kappa shape index (κ3) is 6.87. The summed E-state index contributed by atoms with van der Waals surface area (Å²) in [5, 5.41) is 3.01. The zero-order chi connectivity index (χ0) is 32.9. The predicted molar refractivity (Wildman–Crippen MR) is 179 cm³/mol. The molecule has 1 fully saturated rings. The lowest BCUT2D eigenvalue weighted by molar-refractivity contribution is -0.139. The number of hydrogen-bond donors (Lipinski definition) is 1. The summed E-state index contributed by atoms with van der Waals surface area (Å²) >= 11 is 0. The van der Waals surface area contributed by atoms with Crippen molar-refractivity contribution >= 4 is 40.6 Å². The zero-order valence-electron chi connectivity index (χ0n) is 26.3. The maximum Gasteiger partial charge on any atom is 0.299 e. The highest BCUT2D eigenvalue weighted by Gasteiger charge is 2.39. The molecule has 0 radical (unpaired) electrons. The Labute approximate surface area is 273 Å². The second kappa shape index (κ2) is 13.9. The molecule has 0 bridgehead atoms. The smallest absolute Gasteiger partial charge is 0.299 e. The lowest BCUT2D eigenvalue weighted by Crippen LogP contribution is -2.46. The third-order valence-electron chi connectivity index (χ3n) is 8.45. The minimum Gasteiger partial charge on any atom is -0.497 e. The molecule has 2 heterocycles. The first-order valence-electron chi connectivity index (χ1n) is 15.5. The van der Waals surface area contributed by atoms with Gasteiger partial charge in [0, 0.05) is 31.0 Å². The summed E-state index contributed by atoms with van der Waals surface area (Å²) < 4.78 is 10.9. The number of ketones is 1. The molecule has 1 unspecified atom stereocenters. The number of nitrogens with one attached hydrogen (secondary N) is 1. The number of ether oxygens (including phenoxy) is 2. The largest absolute Gasteiger partial charge is 0.497 e. The molecule has 1 saturated heterocycles. The highest BCUT2D eigenvalue weighted by Crippen LogP contribution is 2.32. The van der Waals surface area contributed by atoms with Gasteiger partial charge in [-0.2, -0.15) is 0 Å². The van der Waals surface area contributed by atoms with Crippen LogP contribution in [-0.4, -0.2) is 68.4 Å². The van der Waals surface area contributed by atoms with Gasteiger partial charge in [-0.05, 0) is 66.6 Å². The van der Waals surface area contributed by atoms with Gasteiger partial charge in [-0.3, -0.25) is 24.1 Å². The van der Waals surface area contributed by atoms with Gasteiger partial charge in [0.1, 0.15) is 18.3 Å². The van der Waals surface area contributed by atoms with Gasteiger partial charge >= 0.3 is 0 Å². The normalized spacial score (nSPS) is 14.9. The topological polar surface area (TPSA) is 108 Å². The highest BCUT2D eigenvalue weighted by atomic mass is 16.5. The van der Waals surface area contributed by atoms with Crippen molar-refractivity contribution in [3.63, 3.8) is 0 Å². The summed E-state index contributed by atoms with van der Waals surface area (Å²) in [5.74, 6) is -1.87. The van der Waals surface area contributed by atoms with Crippen LogP contribution in [0.1, 0.15) is 33.1 Å². The molecule has 0 spiro atoms. The second-order valence-electron chi connectivity index (χ2n) is 11.6. The van der Waals surface area contributed by atoms with Crippen LogP contribution in [0.5, 0.6) is 5.75 Å². The molecule has 1 atom stereocenters. The molecule has 0 aromatic heterocycles. The summed E-state index contributed by atoms with van der Waals surface area (Å²) in [4.78, 5) is 59.4. The van der Waals surface area contributed by atoms with E-state index in [4.69, 9.17) is 9.47 Å². The predicted octanol–water partition coefficient (Wildman–Crippen LogP) is 4.78. The maximum absolute atomic E-state index is 14.4. The Hall–Kier alpha value is -5.48. The number of aryl methyl sites for hydroxylation is 1. The lowest BCUT2D eigenvalue weighted by Gasteiger charge is -2.33. The SMILES string of the molecule is COc1cccc(C(C(=O)Nc2ccc(N3CCOCC3)cc2)N(Cc2ccc(C)cc2)C(=O)CN2C(=O)C(=O)c3ccccc32)c1. The van der Waals surface area contributed by atoms with Gasteiger partial charge in [0.15, 0.2) is 0 Å². The van der Waals surface area contributed by atoms with Crippen molar-refractivity contribution in [3.05, 3.63) is 119 Å². The number of hydrogen-bond acceptors (Lipinski definition) is 7. The summed E-state index contributed by atoms with van der Waals surface area (Å²) in [5.41, 5.74) is 4.58. The molecule has 240 valence electrons. The minimum atomic E-state index is -1.11. The number of benzene rings is 4. The number of carbonyl (C=O) groups is 4. The van der Waals surface area contributed by atoms with Crippen LogP contribution < -0.4 is 19.9 Å². The number of amides is 3. The number of morpholine rings is 1. The fourth-order valence-corrected chi connectivity index (χ4v) is 5.92. The van der Waals surface area contributed by atoms with Crippen molar-refractivity contribution in [2.24, 2.45) is 0 Å². The van der Waals surface area contributed by atoms with Crippen molar-refractivity contribution in [1.82, 2.24) is 4.90 Å². The van der Waals surface area contributed by atoms with E-state index in [2.05, 4.69) is 10.2 Å². The van der Waals surface area contributed by atoms with Crippen LogP contribution in [0.3, 0.4) is 0 Å². The van der Waals surface area contributed by atoms with E-state index >= 15 is 0 Å². The van der Waals surface area contributed by atoms with Crippen LogP contribution in [0.15, 0.2) is 97.1 Å². The van der Waals surface area contributed by atoms with Crippen molar-refractivity contribution < 1.29 is 28.7 Å². The fourth-order valence-electron chi connectivity index (χ4n) is 5.92. The molecule has 4 aromatic carbocycles. The fraction of sp³-hybridized carbons (Fsp3) is 0.243. The number of nitrogens with zero attached hydrogens (tertiary/aromatic N) is 3. The van der Waals surface area contributed by atoms with Gasteiger partial charge in [-0.15, -0.1) is 0 Å². The molecule has 6 rings (SSSR count). The van der Waals surface area contributed by atoms with Gasteiger partial charge in [0.25, 0.3) is 17.6 Å². The van der Waals surface area contributed by atoms with E-state index in [1.54, 1.807) is 48.5 Å². The van der Waals surface area contributed by atoms with E-state index < -0.39 is 36.1 Å². The van der Waals surface area contributed by atoms with E-state index in [0.717, 1.165) is 29.9 Å². The summed E-state index contributed by atoms with van der Waals surface area (Å²) in [6.45, 7) is 4.52. The first-order chi connectivity index (χ1) is 22.8. The Morgan fingerprint density at radius 2 is 1.64 bits per heavy atom. The first-order valence-corrected chi connectivity index (χ1v) is 15.5. The van der Waals surface area contributed by atoms with E-state index in [0.29, 0.717) is 35.9 Å². The molecule has 1 N–H and O–H groups in total. The maximum atomic E-state index is 14.4. The first kappa shape index (κ1) is 31.5. The number of para-hydroxylation sites is 1. The lowest BCUT2D eigenvalue weighted by atomic mass is 10.0. The standard InChI is InChI=1S/C37H36N4O6/c1-25-10-12-26(13-11-25)23-41(33(42)24-40-32-9-4-3-8-31(32)35(43)37(40)45)34(27-6-5-7-30(22-27)46-2)36(44)38-28-14-16-29(17-15-28)39-18-20-47-21-19-39/h3-17,22,34H,18-21,23-24H2,1-2H3,(H,38,44). The molecule has 0 aliphatic carbocycles. The molecule has 4 aromatic rings. The van der Waals surface area contributed by atoms with Crippen molar-refractivity contribution in [3.8, 4) is 5.75 Å². The summed E-state index contributed by atoms with van der Waals surface area (Å²) in [6.07, 6.45) is 0. The molecular weight excluding hydrogens is 596 g/mol. The Kier molecular flexibility index (Phi) is 9.30. The number of Topliss-reactive ketones (excluding diaryl/α,β-unsaturated/α-hetero) is 1. The molecule has 2 aliphatic rings. The minimum absolute atomic E-state index is 0.0714. The van der Waals surface area contributed by atoms with E-state index in [9.17, 15) is 19.2 Å². The number of fused-ring (bicyclic) bond motifs is 1. The average molecular weight is 633 g/mol. The number of rotatable bonds is 10. The molecule has 10 nitrogen and oxygen atoms in total. The van der Waals surface area contributed by atoms with E-state index in [1.807, 2.05) is 55.5 Å². The van der Waals surface area contributed by atoms with E-state index in [-0.39, 0.29) is 12.1 Å². The summed E-state index contributed by atoms with van der Waals surface area (Å²) in [7, 11) is 1.53. The van der Waals surface area contributed by atoms with Crippen LogP contribution in [0.25, 0.3) is 0 Å². The van der Waals surface area contributed by atoms with Crippen LogP contribution in [0.4, 0.5) is 17.1 Å². The van der Waals surface area contributed by atoms with Gasteiger partial charge in [0.05, 0.1) is 31.6 Å². The Balaban J connectivity index is 1.35. The third-order valence-corrected chi connectivity index (χ3v) is 8.45. The quantitative estimate of drug-likeness (QED) is 0.251. The Bertz CT molecular complexity index is 1780. The average Bonchev–Trinajstić information content (AvgIpc) is 3.34. The van der Waals surface area contributed by atoms with Crippen molar-refractivity contribution in [2.45, 2.75) is 19.5 Å². The molecule has 2 aliphatic heterocycles. The number of anilines is 3. The van der Waals surface area contributed by atoms with Crippen LogP contribution in [0, 0.1) is 6.92 Å².